The number of ether oxygens (including phenoxy) is 2. The van der Waals surface area contributed by atoms with Crippen molar-refractivity contribution in [2.24, 2.45) is 0 Å². The van der Waals surface area contributed by atoms with Gasteiger partial charge >= 0.3 is 5.97 Å². The van der Waals surface area contributed by atoms with Crippen molar-refractivity contribution in [3.05, 3.63) is 47.9 Å². The molecule has 0 spiro atoms. The Morgan fingerprint density at radius 2 is 1.93 bits per heavy atom. The van der Waals surface area contributed by atoms with Crippen LogP contribution < -0.4 is 10.1 Å². The van der Waals surface area contributed by atoms with Gasteiger partial charge in [0.1, 0.15) is 22.1 Å². The zero-order valence-electron chi connectivity index (χ0n) is 15.6. The average Bonchev–Trinajstić information content (AvgIpc) is 3.04. The maximum atomic E-state index is 12.5. The number of amides is 1. The summed E-state index contributed by atoms with van der Waals surface area (Å²) in [7, 11) is -2.05. The Bertz CT molecular complexity index is 961. The molecule has 1 aromatic carbocycles. The number of benzene rings is 1. The first-order valence-electron chi connectivity index (χ1n) is 8.35. The molecule has 1 aromatic heterocycles. The summed E-state index contributed by atoms with van der Waals surface area (Å²) >= 11 is 1.12. The molecule has 1 amide bonds. The SMILES string of the molecule is C=CCS(=O)(=O)CC(=O)Nc1scc(-c2ccc(OC)cc2)c1C(=O)OCC. The number of anilines is 1. The van der Waals surface area contributed by atoms with Crippen LogP contribution in [0.4, 0.5) is 5.00 Å². The number of hydrogen-bond donors (Lipinski definition) is 1. The predicted molar refractivity (Wildman–Crippen MR) is 110 cm³/mol. The Morgan fingerprint density at radius 1 is 1.25 bits per heavy atom. The van der Waals surface area contributed by atoms with Gasteiger partial charge in [0.2, 0.25) is 5.91 Å². The molecule has 1 N–H and O–H groups in total. The normalized spacial score (nSPS) is 10.9. The second-order valence-corrected chi connectivity index (χ2v) is 8.68. The molecule has 0 bridgehead atoms. The van der Waals surface area contributed by atoms with E-state index in [1.807, 2.05) is 0 Å². The number of hydrogen-bond acceptors (Lipinski definition) is 7. The number of rotatable bonds is 9. The van der Waals surface area contributed by atoms with Gasteiger partial charge in [0, 0.05) is 10.9 Å². The van der Waals surface area contributed by atoms with Crippen molar-refractivity contribution in [2.75, 3.05) is 30.5 Å². The second kappa shape index (κ2) is 9.52. The maximum absolute atomic E-state index is 12.5. The van der Waals surface area contributed by atoms with Gasteiger partial charge in [0.15, 0.2) is 9.84 Å². The van der Waals surface area contributed by atoms with Crippen LogP contribution in [0.25, 0.3) is 11.1 Å². The fourth-order valence-electron chi connectivity index (χ4n) is 2.44. The van der Waals surface area contributed by atoms with Gasteiger partial charge in [0.25, 0.3) is 0 Å². The number of thiophene rings is 1. The summed E-state index contributed by atoms with van der Waals surface area (Å²) in [6.07, 6.45) is 1.22. The smallest absolute Gasteiger partial charge is 0.341 e. The van der Waals surface area contributed by atoms with Crippen molar-refractivity contribution in [3.63, 3.8) is 0 Å². The van der Waals surface area contributed by atoms with E-state index in [1.54, 1.807) is 43.7 Å². The second-order valence-electron chi connectivity index (χ2n) is 5.69. The molecule has 9 heteroatoms. The third kappa shape index (κ3) is 5.43. The van der Waals surface area contributed by atoms with Gasteiger partial charge in [-0.15, -0.1) is 17.9 Å². The van der Waals surface area contributed by atoms with E-state index in [0.717, 1.165) is 16.9 Å². The Labute approximate surface area is 167 Å². The molecule has 2 rings (SSSR count). The van der Waals surface area contributed by atoms with Crippen molar-refractivity contribution < 1.29 is 27.5 Å². The van der Waals surface area contributed by atoms with Gasteiger partial charge in [-0.1, -0.05) is 18.2 Å². The van der Waals surface area contributed by atoms with Gasteiger partial charge in [-0.2, -0.15) is 0 Å². The largest absolute Gasteiger partial charge is 0.497 e. The summed E-state index contributed by atoms with van der Waals surface area (Å²) in [5.74, 6) is -1.66. The van der Waals surface area contributed by atoms with E-state index in [1.165, 1.54) is 6.08 Å². The molecule has 0 radical (unpaired) electrons. The van der Waals surface area contributed by atoms with E-state index in [4.69, 9.17) is 9.47 Å². The Kier molecular flexibility index (Phi) is 7.36. The number of esters is 1. The van der Waals surface area contributed by atoms with Crippen LogP contribution in [0.1, 0.15) is 17.3 Å². The highest BCUT2D eigenvalue weighted by Gasteiger charge is 2.24. The van der Waals surface area contributed by atoms with Crippen molar-refractivity contribution in [1.29, 1.82) is 0 Å². The first-order chi connectivity index (χ1) is 13.3. The minimum Gasteiger partial charge on any atom is -0.497 e. The van der Waals surface area contributed by atoms with Gasteiger partial charge in [0.05, 0.1) is 19.5 Å². The van der Waals surface area contributed by atoms with Gasteiger partial charge in [-0.05, 0) is 24.6 Å². The predicted octanol–water partition coefficient (Wildman–Crippen LogP) is 3.14. The van der Waals surface area contributed by atoms with Crippen LogP contribution in [-0.2, 0) is 19.4 Å². The van der Waals surface area contributed by atoms with Crippen LogP contribution in [0.15, 0.2) is 42.3 Å². The molecule has 2 aromatic rings. The van der Waals surface area contributed by atoms with Crippen LogP contribution in [-0.4, -0.2) is 45.5 Å². The molecular formula is C19H21NO6S2. The van der Waals surface area contributed by atoms with Crippen molar-refractivity contribution >= 4 is 38.1 Å². The lowest BCUT2D eigenvalue weighted by Crippen LogP contribution is -2.24. The fraction of sp³-hybridized carbons (Fsp3) is 0.263. The van der Waals surface area contributed by atoms with Crippen LogP contribution in [0.3, 0.4) is 0 Å². The highest BCUT2D eigenvalue weighted by molar-refractivity contribution is 7.92. The van der Waals surface area contributed by atoms with E-state index in [0.29, 0.717) is 11.3 Å². The molecule has 0 fully saturated rings. The van der Waals surface area contributed by atoms with E-state index < -0.39 is 27.5 Å². The molecule has 0 aliphatic rings. The monoisotopic (exact) mass is 423 g/mol. The zero-order valence-corrected chi connectivity index (χ0v) is 17.2. The van der Waals surface area contributed by atoms with E-state index >= 15 is 0 Å². The summed E-state index contributed by atoms with van der Waals surface area (Å²) in [5.41, 5.74) is 1.50. The highest BCUT2D eigenvalue weighted by atomic mass is 32.2. The van der Waals surface area contributed by atoms with Gasteiger partial charge < -0.3 is 14.8 Å². The lowest BCUT2D eigenvalue weighted by molar-refractivity contribution is -0.113. The number of carbonyl (C=O) groups excluding carboxylic acids is 2. The van der Waals surface area contributed by atoms with E-state index in [2.05, 4.69) is 11.9 Å². The van der Waals surface area contributed by atoms with Crippen molar-refractivity contribution in [2.45, 2.75) is 6.92 Å². The van der Waals surface area contributed by atoms with Crippen molar-refractivity contribution in [1.82, 2.24) is 0 Å². The molecule has 0 atom stereocenters. The summed E-state index contributed by atoms with van der Waals surface area (Å²) in [5, 5.41) is 4.47. The van der Waals surface area contributed by atoms with Crippen LogP contribution >= 0.6 is 11.3 Å². The molecule has 0 saturated heterocycles. The molecule has 7 nitrogen and oxygen atoms in total. The number of sulfone groups is 1. The molecule has 0 unspecified atom stereocenters. The Balaban J connectivity index is 2.36. The summed E-state index contributed by atoms with van der Waals surface area (Å²) < 4.78 is 33.9. The topological polar surface area (TPSA) is 98.8 Å². The fourth-order valence-corrected chi connectivity index (χ4v) is 4.36. The third-order valence-electron chi connectivity index (χ3n) is 3.65. The lowest BCUT2D eigenvalue weighted by Gasteiger charge is -2.09. The van der Waals surface area contributed by atoms with Gasteiger partial charge in [-0.3, -0.25) is 4.79 Å². The van der Waals surface area contributed by atoms with Crippen LogP contribution in [0.2, 0.25) is 0 Å². The van der Waals surface area contributed by atoms with Crippen LogP contribution in [0.5, 0.6) is 5.75 Å². The zero-order chi connectivity index (χ0) is 20.7. The van der Waals surface area contributed by atoms with Gasteiger partial charge in [-0.25, -0.2) is 13.2 Å². The molecule has 0 saturated carbocycles. The summed E-state index contributed by atoms with van der Waals surface area (Å²) in [6, 6.07) is 7.07. The first kappa shape index (κ1) is 21.6. The summed E-state index contributed by atoms with van der Waals surface area (Å²) in [6.45, 7) is 5.21. The quantitative estimate of drug-likeness (QED) is 0.491. The Hall–Kier alpha value is -2.65. The summed E-state index contributed by atoms with van der Waals surface area (Å²) in [4.78, 5) is 24.7. The number of carbonyl (C=O) groups is 2. The minimum absolute atomic E-state index is 0.165. The minimum atomic E-state index is -3.60. The third-order valence-corrected chi connectivity index (χ3v) is 5.99. The maximum Gasteiger partial charge on any atom is 0.341 e. The number of methoxy groups -OCH3 is 1. The Morgan fingerprint density at radius 3 is 2.50 bits per heavy atom. The average molecular weight is 424 g/mol. The number of nitrogens with one attached hydrogen (secondary N) is 1. The highest BCUT2D eigenvalue weighted by Crippen LogP contribution is 2.36. The first-order valence-corrected chi connectivity index (χ1v) is 11.1. The van der Waals surface area contributed by atoms with Crippen LogP contribution in [0, 0.1) is 0 Å². The molecule has 0 aliphatic carbocycles. The molecular weight excluding hydrogens is 402 g/mol. The molecule has 28 heavy (non-hydrogen) atoms. The van der Waals surface area contributed by atoms with Crippen molar-refractivity contribution in [3.8, 4) is 16.9 Å². The molecule has 150 valence electrons. The standard InChI is InChI=1S/C19H21NO6S2/c1-4-10-28(23,24)12-16(21)20-18-17(19(22)26-5-2)15(11-27-18)13-6-8-14(25-3)9-7-13/h4,6-9,11H,1,5,10,12H2,2-3H3,(H,20,21). The molecule has 1 heterocycles. The molecule has 0 aliphatic heterocycles. The lowest BCUT2D eigenvalue weighted by atomic mass is 10.0. The van der Waals surface area contributed by atoms with E-state index in [-0.39, 0.29) is 22.9 Å². The van der Waals surface area contributed by atoms with E-state index in [9.17, 15) is 18.0 Å².